The average Bonchev–Trinajstić information content (AvgIpc) is 3.14. The van der Waals surface area contributed by atoms with Gasteiger partial charge in [-0.05, 0) is 49.4 Å². The van der Waals surface area contributed by atoms with Crippen molar-refractivity contribution in [2.24, 2.45) is 5.92 Å². The van der Waals surface area contributed by atoms with Gasteiger partial charge < -0.3 is 5.32 Å². The summed E-state index contributed by atoms with van der Waals surface area (Å²) >= 11 is 0. The molecule has 3 atom stereocenters. The molecule has 0 unspecified atom stereocenters. The number of hydrogen-bond donors (Lipinski definition) is 3. The molecule has 2 aliphatic rings. The number of sulfonamides is 1. The normalized spacial score (nSPS) is 26.2. The van der Waals surface area contributed by atoms with Gasteiger partial charge >= 0.3 is 0 Å². The molecule has 25 heavy (non-hydrogen) atoms. The van der Waals surface area contributed by atoms with Crippen LogP contribution in [0.25, 0.3) is 0 Å². The number of hydroxylamine groups is 1. The molecule has 1 saturated heterocycles. The zero-order chi connectivity index (χ0) is 18.2. The van der Waals surface area contributed by atoms with E-state index in [4.69, 9.17) is 5.21 Å². The smallest absolute Gasteiger partial charge is 0.261 e. The molecule has 9 heteroatoms. The minimum atomic E-state index is -3.89. The van der Waals surface area contributed by atoms with E-state index in [0.29, 0.717) is 18.5 Å². The van der Waals surface area contributed by atoms with Crippen LogP contribution in [0.5, 0.6) is 0 Å². The van der Waals surface area contributed by atoms with Crippen molar-refractivity contribution in [3.8, 4) is 0 Å². The Bertz CT molecular complexity index is 777. The molecule has 0 spiro atoms. The minimum Gasteiger partial charge on any atom is -0.326 e. The largest absolute Gasteiger partial charge is 0.326 e. The second kappa shape index (κ2) is 6.74. The summed E-state index contributed by atoms with van der Waals surface area (Å²) in [5.41, 5.74) is 2.08. The maximum atomic E-state index is 13.1. The summed E-state index contributed by atoms with van der Waals surface area (Å²) in [7, 11) is -3.89. The van der Waals surface area contributed by atoms with Crippen LogP contribution in [-0.2, 0) is 19.6 Å². The molecule has 1 heterocycles. The van der Waals surface area contributed by atoms with Gasteiger partial charge in [-0.1, -0.05) is 6.42 Å². The third kappa shape index (κ3) is 3.26. The number of fused-ring (bicyclic) bond motifs is 1. The molecule has 2 fully saturated rings. The van der Waals surface area contributed by atoms with Crippen LogP contribution in [0, 0.1) is 5.92 Å². The van der Waals surface area contributed by atoms with Gasteiger partial charge in [-0.2, -0.15) is 4.31 Å². The molecule has 0 aromatic heterocycles. The number of hydrogen-bond acceptors (Lipinski definition) is 5. The summed E-state index contributed by atoms with van der Waals surface area (Å²) in [6.07, 6.45) is 2.94. The molecule has 1 aromatic carbocycles. The van der Waals surface area contributed by atoms with Crippen molar-refractivity contribution in [1.82, 2.24) is 9.79 Å². The number of amides is 2. The highest BCUT2D eigenvalue weighted by Crippen LogP contribution is 2.44. The maximum Gasteiger partial charge on any atom is 0.261 e. The fraction of sp³-hybridized carbons (Fsp3) is 0.500. The first kappa shape index (κ1) is 17.8. The number of anilines is 1. The van der Waals surface area contributed by atoms with E-state index < -0.39 is 22.0 Å². The first-order chi connectivity index (χ1) is 11.8. The van der Waals surface area contributed by atoms with Crippen LogP contribution in [0.3, 0.4) is 0 Å². The van der Waals surface area contributed by atoms with E-state index in [9.17, 15) is 18.0 Å². The van der Waals surface area contributed by atoms with Crippen molar-refractivity contribution < 1.29 is 23.2 Å². The average molecular weight is 367 g/mol. The summed E-state index contributed by atoms with van der Waals surface area (Å²) in [5, 5.41) is 11.6. The van der Waals surface area contributed by atoms with Crippen molar-refractivity contribution in [3.63, 3.8) is 0 Å². The molecule has 8 nitrogen and oxygen atoms in total. The van der Waals surface area contributed by atoms with Gasteiger partial charge in [0, 0.05) is 18.7 Å². The number of benzene rings is 1. The van der Waals surface area contributed by atoms with Gasteiger partial charge in [0.05, 0.1) is 4.90 Å². The van der Waals surface area contributed by atoms with Gasteiger partial charge in [-0.15, -0.1) is 0 Å². The fourth-order valence-electron chi connectivity index (χ4n) is 3.93. The lowest BCUT2D eigenvalue weighted by Crippen LogP contribution is -2.48. The highest BCUT2D eigenvalue weighted by Gasteiger charge is 2.52. The molecule has 1 saturated carbocycles. The lowest BCUT2D eigenvalue weighted by atomic mass is 10.0. The Kier molecular flexibility index (Phi) is 4.81. The van der Waals surface area contributed by atoms with E-state index in [0.717, 1.165) is 12.8 Å². The van der Waals surface area contributed by atoms with Crippen LogP contribution in [-0.4, -0.2) is 41.8 Å². The molecule has 0 bridgehead atoms. The number of nitrogens with one attached hydrogen (secondary N) is 2. The molecule has 1 aliphatic carbocycles. The van der Waals surface area contributed by atoms with E-state index in [2.05, 4.69) is 5.32 Å². The summed E-state index contributed by atoms with van der Waals surface area (Å²) in [5.74, 6) is -0.813. The zero-order valence-corrected chi connectivity index (χ0v) is 14.6. The van der Waals surface area contributed by atoms with Crippen LogP contribution >= 0.6 is 0 Å². The molecule has 136 valence electrons. The first-order valence-electron chi connectivity index (χ1n) is 8.19. The zero-order valence-electron chi connectivity index (χ0n) is 13.8. The maximum absolute atomic E-state index is 13.1. The Hall–Kier alpha value is -1.97. The molecular formula is C16H21N3O5S. The second-order valence-corrected chi connectivity index (χ2v) is 8.37. The second-order valence-electron chi connectivity index (χ2n) is 6.53. The quantitative estimate of drug-likeness (QED) is 0.544. The lowest BCUT2D eigenvalue weighted by Gasteiger charge is -2.27. The van der Waals surface area contributed by atoms with Crippen molar-refractivity contribution in [3.05, 3.63) is 24.3 Å². The molecule has 1 aromatic rings. The van der Waals surface area contributed by atoms with Crippen molar-refractivity contribution in [2.75, 3.05) is 5.32 Å². The highest BCUT2D eigenvalue weighted by molar-refractivity contribution is 7.89. The summed E-state index contributed by atoms with van der Waals surface area (Å²) in [6.45, 7) is 1.37. The Morgan fingerprint density at radius 3 is 2.48 bits per heavy atom. The summed E-state index contributed by atoms with van der Waals surface area (Å²) < 4.78 is 27.5. The first-order valence-corrected chi connectivity index (χ1v) is 9.63. The van der Waals surface area contributed by atoms with E-state index in [1.54, 1.807) is 5.48 Å². The molecule has 0 radical (unpaired) electrons. The number of nitrogens with zero attached hydrogens (tertiary/aromatic N) is 1. The molecule has 3 rings (SSSR count). The Morgan fingerprint density at radius 1 is 1.20 bits per heavy atom. The van der Waals surface area contributed by atoms with Crippen molar-refractivity contribution >= 4 is 27.5 Å². The van der Waals surface area contributed by atoms with Crippen molar-refractivity contribution in [2.45, 2.75) is 49.6 Å². The van der Waals surface area contributed by atoms with E-state index >= 15 is 0 Å². The predicted octanol–water partition coefficient (Wildman–Crippen LogP) is 1.08. The Labute approximate surface area is 146 Å². The monoisotopic (exact) mass is 367 g/mol. The van der Waals surface area contributed by atoms with E-state index in [-0.39, 0.29) is 22.8 Å². The van der Waals surface area contributed by atoms with Crippen LogP contribution in [0.1, 0.15) is 32.6 Å². The number of rotatable bonds is 4. The standard InChI is InChI=1S/C16H21N3O5S/c1-10(20)17-12-5-7-13(8-6-12)25(23,24)19-14-4-2-3-11(14)9-15(19)16(21)18-22/h5-8,11,14-15,22H,2-4,9H2,1H3,(H,17,20)(H,18,21)/t11-,14-,15-/m1/s1. The van der Waals surface area contributed by atoms with Gasteiger partial charge in [-0.25, -0.2) is 13.9 Å². The Morgan fingerprint density at radius 2 is 1.88 bits per heavy atom. The summed E-state index contributed by atoms with van der Waals surface area (Å²) in [4.78, 5) is 23.1. The molecule has 3 N–H and O–H groups in total. The van der Waals surface area contributed by atoms with Gasteiger partial charge in [0.15, 0.2) is 0 Å². The van der Waals surface area contributed by atoms with E-state index in [1.807, 2.05) is 0 Å². The third-order valence-corrected chi connectivity index (χ3v) is 6.89. The highest BCUT2D eigenvalue weighted by atomic mass is 32.2. The van der Waals surface area contributed by atoms with Gasteiger partial charge in [-0.3, -0.25) is 14.8 Å². The number of carbonyl (C=O) groups excluding carboxylic acids is 2. The number of carbonyl (C=O) groups is 2. The van der Waals surface area contributed by atoms with Gasteiger partial charge in [0.25, 0.3) is 5.91 Å². The molecule has 1 aliphatic heterocycles. The summed E-state index contributed by atoms with van der Waals surface area (Å²) in [6, 6.07) is 4.73. The fourth-order valence-corrected chi connectivity index (χ4v) is 5.80. The molecule has 2 amide bonds. The molecular weight excluding hydrogens is 346 g/mol. The van der Waals surface area contributed by atoms with Crippen LogP contribution in [0.4, 0.5) is 5.69 Å². The third-order valence-electron chi connectivity index (χ3n) is 4.94. The van der Waals surface area contributed by atoms with Gasteiger partial charge in [0.1, 0.15) is 6.04 Å². The minimum absolute atomic E-state index is 0.0601. The predicted molar refractivity (Wildman–Crippen MR) is 89.2 cm³/mol. The Balaban J connectivity index is 1.93. The van der Waals surface area contributed by atoms with Gasteiger partial charge in [0.2, 0.25) is 15.9 Å². The lowest BCUT2D eigenvalue weighted by molar-refractivity contribution is -0.132. The SMILES string of the molecule is CC(=O)Nc1ccc(S(=O)(=O)N2[C@@H](C(=O)NO)C[C@H]3CCC[C@H]32)cc1. The van der Waals surface area contributed by atoms with Crippen LogP contribution < -0.4 is 10.8 Å². The topological polar surface area (TPSA) is 116 Å². The van der Waals surface area contributed by atoms with Crippen LogP contribution in [0.2, 0.25) is 0 Å². The van der Waals surface area contributed by atoms with E-state index in [1.165, 1.54) is 35.5 Å². The van der Waals surface area contributed by atoms with Crippen molar-refractivity contribution in [1.29, 1.82) is 0 Å². The van der Waals surface area contributed by atoms with Crippen LogP contribution in [0.15, 0.2) is 29.2 Å².